The summed E-state index contributed by atoms with van der Waals surface area (Å²) in [7, 11) is 0. The fourth-order valence-corrected chi connectivity index (χ4v) is 3.47. The third kappa shape index (κ3) is 7.07. The number of nitriles is 1. The zero-order valence-electron chi connectivity index (χ0n) is 17.9. The van der Waals surface area contributed by atoms with Crippen molar-refractivity contribution in [1.29, 1.82) is 5.26 Å². The van der Waals surface area contributed by atoms with Crippen LogP contribution in [0.3, 0.4) is 0 Å². The Labute approximate surface area is 177 Å². The Morgan fingerprint density at radius 2 is 1.93 bits per heavy atom. The molecule has 1 fully saturated rings. The van der Waals surface area contributed by atoms with Crippen LogP contribution in [0.5, 0.6) is 0 Å². The van der Waals surface area contributed by atoms with Crippen LogP contribution >= 0.6 is 0 Å². The summed E-state index contributed by atoms with van der Waals surface area (Å²) in [4.78, 5) is 40.3. The van der Waals surface area contributed by atoms with Gasteiger partial charge in [-0.25, -0.2) is 0 Å². The maximum absolute atomic E-state index is 12.5. The quantitative estimate of drug-likeness (QED) is 0.617. The van der Waals surface area contributed by atoms with Crippen molar-refractivity contribution in [1.82, 2.24) is 10.2 Å². The van der Waals surface area contributed by atoms with Gasteiger partial charge in [0, 0.05) is 24.8 Å². The molecular formula is C22H30N4O4. The van der Waals surface area contributed by atoms with Gasteiger partial charge in [0.25, 0.3) is 0 Å². The first-order valence-electron chi connectivity index (χ1n) is 10.3. The first kappa shape index (κ1) is 23.2. The normalized spacial score (nSPS) is 15.0. The van der Waals surface area contributed by atoms with E-state index in [9.17, 15) is 14.4 Å². The Bertz CT molecular complexity index is 785. The molecule has 0 bridgehead atoms. The van der Waals surface area contributed by atoms with E-state index >= 15 is 0 Å². The smallest absolute Gasteiger partial charge is 0.307 e. The highest BCUT2D eigenvalue weighted by atomic mass is 16.5. The largest absolute Gasteiger partial charge is 0.466 e. The summed E-state index contributed by atoms with van der Waals surface area (Å²) in [6, 6.07) is 8.84. The van der Waals surface area contributed by atoms with Crippen molar-refractivity contribution in [2.75, 3.05) is 37.7 Å². The zero-order chi connectivity index (χ0) is 22.1. The molecule has 162 valence electrons. The fraction of sp³-hybridized carbons (Fsp3) is 0.545. The molecule has 8 nitrogen and oxygen atoms in total. The van der Waals surface area contributed by atoms with Crippen molar-refractivity contribution < 1.29 is 19.1 Å². The highest BCUT2D eigenvalue weighted by Crippen LogP contribution is 2.17. The second-order valence-electron chi connectivity index (χ2n) is 7.80. The number of ether oxygens (including phenoxy) is 1. The predicted octanol–water partition coefficient (Wildman–Crippen LogP) is 1.69. The lowest BCUT2D eigenvalue weighted by atomic mass is 10.0. The van der Waals surface area contributed by atoms with Gasteiger partial charge in [-0.2, -0.15) is 5.26 Å². The predicted molar refractivity (Wildman–Crippen MR) is 113 cm³/mol. The molecule has 8 heteroatoms. The molecule has 2 rings (SSSR count). The Morgan fingerprint density at radius 3 is 2.50 bits per heavy atom. The second-order valence-corrected chi connectivity index (χ2v) is 7.80. The molecule has 0 aromatic heterocycles. The van der Waals surface area contributed by atoms with Gasteiger partial charge in [-0.05, 0) is 43.5 Å². The summed E-state index contributed by atoms with van der Waals surface area (Å²) in [6.07, 6.45) is 0.781. The van der Waals surface area contributed by atoms with Gasteiger partial charge in [0.1, 0.15) is 0 Å². The zero-order valence-corrected chi connectivity index (χ0v) is 17.9. The molecule has 1 N–H and O–H groups in total. The Hall–Kier alpha value is -3.08. The van der Waals surface area contributed by atoms with E-state index in [1.165, 1.54) is 4.90 Å². The molecule has 1 aliphatic heterocycles. The highest BCUT2D eigenvalue weighted by Gasteiger charge is 2.27. The summed E-state index contributed by atoms with van der Waals surface area (Å²) >= 11 is 0. The van der Waals surface area contributed by atoms with E-state index in [4.69, 9.17) is 10.00 Å². The van der Waals surface area contributed by atoms with Crippen LogP contribution < -0.4 is 10.2 Å². The minimum Gasteiger partial charge on any atom is -0.466 e. The van der Waals surface area contributed by atoms with Gasteiger partial charge in [-0.15, -0.1) is 0 Å². The van der Waals surface area contributed by atoms with Gasteiger partial charge < -0.3 is 19.9 Å². The third-order valence-electron chi connectivity index (χ3n) is 4.85. The molecule has 0 spiro atoms. The lowest BCUT2D eigenvalue weighted by Crippen LogP contribution is -2.54. The Morgan fingerprint density at radius 1 is 1.23 bits per heavy atom. The summed E-state index contributed by atoms with van der Waals surface area (Å²) in [5.41, 5.74) is 1.44. The van der Waals surface area contributed by atoms with E-state index in [2.05, 4.69) is 11.4 Å². The highest BCUT2D eigenvalue weighted by molar-refractivity contribution is 5.88. The summed E-state index contributed by atoms with van der Waals surface area (Å²) < 4.78 is 4.99. The minimum absolute atomic E-state index is 0.0303. The maximum atomic E-state index is 12.5. The third-order valence-corrected chi connectivity index (χ3v) is 4.85. The molecule has 0 saturated carbocycles. The molecule has 0 radical (unpaired) electrons. The van der Waals surface area contributed by atoms with Crippen molar-refractivity contribution in [3.05, 3.63) is 29.8 Å². The second kappa shape index (κ2) is 11.2. The van der Waals surface area contributed by atoms with Gasteiger partial charge in [-0.3, -0.25) is 14.4 Å². The molecule has 0 aliphatic carbocycles. The first-order chi connectivity index (χ1) is 14.3. The topological polar surface area (TPSA) is 103 Å². The molecule has 30 heavy (non-hydrogen) atoms. The number of esters is 1. The van der Waals surface area contributed by atoms with Crippen LogP contribution in [-0.2, 0) is 19.1 Å². The Balaban J connectivity index is 1.89. The number of nitrogens with one attached hydrogen (secondary N) is 1. The van der Waals surface area contributed by atoms with E-state index in [0.717, 1.165) is 5.69 Å². The number of piperazine rings is 1. The van der Waals surface area contributed by atoms with E-state index in [1.807, 2.05) is 30.9 Å². The van der Waals surface area contributed by atoms with Crippen molar-refractivity contribution in [2.45, 2.75) is 39.7 Å². The molecule has 2 amide bonds. The lowest BCUT2D eigenvalue weighted by Gasteiger charge is -2.35. The van der Waals surface area contributed by atoms with Gasteiger partial charge in [0.05, 0.1) is 37.7 Å². The summed E-state index contributed by atoms with van der Waals surface area (Å²) in [6.45, 7) is 7.28. The van der Waals surface area contributed by atoms with Crippen LogP contribution in [0.15, 0.2) is 24.3 Å². The first-order valence-corrected chi connectivity index (χ1v) is 10.3. The van der Waals surface area contributed by atoms with Crippen LogP contribution in [0.1, 0.15) is 39.2 Å². The number of carbonyl (C=O) groups is 3. The van der Waals surface area contributed by atoms with Crippen LogP contribution in [-0.4, -0.2) is 61.5 Å². The number of rotatable bonds is 9. The number of hydrogen-bond donors (Lipinski definition) is 1. The average Bonchev–Trinajstić information content (AvgIpc) is 2.69. The molecule has 1 unspecified atom stereocenters. The van der Waals surface area contributed by atoms with Gasteiger partial charge in [0.2, 0.25) is 11.8 Å². The van der Waals surface area contributed by atoms with Crippen molar-refractivity contribution in [2.24, 2.45) is 5.92 Å². The van der Waals surface area contributed by atoms with Crippen LogP contribution in [0.25, 0.3) is 0 Å². The number of nitrogens with zero attached hydrogens (tertiary/aromatic N) is 3. The monoisotopic (exact) mass is 414 g/mol. The number of hydrogen-bond acceptors (Lipinski definition) is 6. The maximum Gasteiger partial charge on any atom is 0.307 e. The van der Waals surface area contributed by atoms with Crippen molar-refractivity contribution in [3.8, 4) is 6.07 Å². The lowest BCUT2D eigenvalue weighted by molar-refractivity contribution is -0.144. The molecule has 1 aliphatic rings. The van der Waals surface area contributed by atoms with E-state index in [0.29, 0.717) is 37.6 Å². The SMILES string of the molecule is CCOC(=O)CC(CC(C)C)NC(=O)CN1CCN(c2ccc(C#N)cc2)CC1=O. The molecule has 1 aromatic rings. The Kier molecular flexibility index (Phi) is 8.66. The van der Waals surface area contributed by atoms with Crippen molar-refractivity contribution in [3.63, 3.8) is 0 Å². The number of benzene rings is 1. The van der Waals surface area contributed by atoms with Crippen LogP contribution in [0.4, 0.5) is 5.69 Å². The standard InChI is InChI=1S/C22H30N4O4/c1-4-30-22(29)12-18(11-16(2)3)24-20(27)14-26-10-9-25(15-21(26)28)19-7-5-17(13-23)6-8-19/h5-8,16,18H,4,9-12,14-15H2,1-3H3,(H,24,27). The average molecular weight is 415 g/mol. The van der Waals surface area contributed by atoms with Gasteiger partial charge in [-0.1, -0.05) is 13.8 Å². The molecule has 1 heterocycles. The summed E-state index contributed by atoms with van der Waals surface area (Å²) in [5.74, 6) is -0.436. The van der Waals surface area contributed by atoms with Crippen LogP contribution in [0.2, 0.25) is 0 Å². The van der Waals surface area contributed by atoms with Gasteiger partial charge in [0.15, 0.2) is 0 Å². The number of amides is 2. The molecular weight excluding hydrogens is 384 g/mol. The van der Waals surface area contributed by atoms with E-state index in [-0.39, 0.29) is 43.3 Å². The summed E-state index contributed by atoms with van der Waals surface area (Å²) in [5, 5.41) is 11.8. The number of carbonyl (C=O) groups excluding carboxylic acids is 3. The van der Waals surface area contributed by atoms with Crippen molar-refractivity contribution >= 4 is 23.5 Å². The molecule has 1 atom stereocenters. The minimum atomic E-state index is -0.337. The molecule has 1 aromatic carbocycles. The van der Waals surface area contributed by atoms with E-state index < -0.39 is 0 Å². The van der Waals surface area contributed by atoms with E-state index in [1.54, 1.807) is 19.1 Å². The fourth-order valence-electron chi connectivity index (χ4n) is 3.47. The van der Waals surface area contributed by atoms with Crippen LogP contribution in [0, 0.1) is 17.2 Å². The molecule has 1 saturated heterocycles. The van der Waals surface area contributed by atoms with Gasteiger partial charge >= 0.3 is 5.97 Å². The number of anilines is 1.